The normalized spacial score (nSPS) is 14.5. The summed E-state index contributed by atoms with van der Waals surface area (Å²) in [5.41, 5.74) is 17.4. The van der Waals surface area contributed by atoms with Crippen molar-refractivity contribution in [1.82, 2.24) is 19.9 Å². The lowest BCUT2D eigenvalue weighted by Gasteiger charge is -2.31. The summed E-state index contributed by atoms with van der Waals surface area (Å²) in [5.74, 6) is 1.90. The molecule has 10 aromatic rings. The Bertz CT molecular complexity index is 3250. The summed E-state index contributed by atoms with van der Waals surface area (Å²) in [7, 11) is 0. The van der Waals surface area contributed by atoms with Crippen LogP contribution in [0.2, 0.25) is 0 Å². The van der Waals surface area contributed by atoms with Crippen LogP contribution in [0.1, 0.15) is 22.3 Å². The molecule has 2 aliphatic carbocycles. The zero-order chi connectivity index (χ0) is 38.9. The molecule has 59 heavy (non-hydrogen) atoms. The number of nitrogens with zero attached hydrogens (tertiary/aromatic N) is 4. The summed E-state index contributed by atoms with van der Waals surface area (Å²) in [5, 5.41) is 1.15. The van der Waals surface area contributed by atoms with Gasteiger partial charge < -0.3 is 0 Å². The van der Waals surface area contributed by atoms with E-state index in [1.165, 1.54) is 50.1 Å². The first-order valence-corrected chi connectivity index (χ1v) is 20.1. The number of hydrogen-bond donors (Lipinski definition) is 0. The van der Waals surface area contributed by atoms with Crippen molar-refractivity contribution in [2.75, 3.05) is 0 Å². The Kier molecular flexibility index (Phi) is 7.41. The van der Waals surface area contributed by atoms with Crippen molar-refractivity contribution in [1.29, 1.82) is 0 Å². The van der Waals surface area contributed by atoms with Crippen molar-refractivity contribution >= 4 is 10.9 Å². The van der Waals surface area contributed by atoms with Crippen LogP contribution in [0.5, 0.6) is 0 Å². The smallest absolute Gasteiger partial charge is 0.164 e. The first kappa shape index (κ1) is 33.3. The first-order chi connectivity index (χ1) is 29.3. The number of hydrogen-bond acceptors (Lipinski definition) is 4. The number of fused-ring (bicyclic) bond motifs is 12. The molecule has 0 aliphatic heterocycles. The lowest BCUT2D eigenvalue weighted by molar-refractivity contribution is 0.801. The molecule has 1 atom stereocenters. The Morgan fingerprint density at radius 1 is 0.305 bits per heavy atom. The first-order valence-electron chi connectivity index (χ1n) is 20.1. The van der Waals surface area contributed by atoms with Crippen LogP contribution in [0.15, 0.2) is 206 Å². The van der Waals surface area contributed by atoms with Crippen LogP contribution in [0.25, 0.3) is 89.7 Å². The van der Waals surface area contributed by atoms with E-state index in [0.29, 0.717) is 17.5 Å². The van der Waals surface area contributed by atoms with Gasteiger partial charge in [-0.05, 0) is 62.2 Å². The third-order valence-electron chi connectivity index (χ3n) is 12.1. The van der Waals surface area contributed by atoms with Crippen LogP contribution in [-0.4, -0.2) is 19.9 Å². The van der Waals surface area contributed by atoms with E-state index in [9.17, 15) is 0 Å². The van der Waals surface area contributed by atoms with Gasteiger partial charge in [-0.25, -0.2) is 19.9 Å². The van der Waals surface area contributed by atoms with Crippen molar-refractivity contribution < 1.29 is 0 Å². The maximum Gasteiger partial charge on any atom is 0.164 e. The summed E-state index contributed by atoms with van der Waals surface area (Å²) in [4.78, 5) is 21.0. The molecule has 4 nitrogen and oxygen atoms in total. The van der Waals surface area contributed by atoms with Gasteiger partial charge in [0, 0.05) is 33.2 Å². The molecule has 0 saturated heterocycles. The fourth-order valence-electron chi connectivity index (χ4n) is 9.60. The highest BCUT2D eigenvalue weighted by Crippen LogP contribution is 2.65. The zero-order valence-electron chi connectivity index (χ0n) is 31.9. The molecule has 274 valence electrons. The van der Waals surface area contributed by atoms with Gasteiger partial charge in [-0.2, -0.15) is 0 Å². The van der Waals surface area contributed by atoms with E-state index in [0.717, 1.165) is 44.4 Å². The summed E-state index contributed by atoms with van der Waals surface area (Å²) >= 11 is 0. The molecule has 4 heteroatoms. The van der Waals surface area contributed by atoms with Gasteiger partial charge in [0.15, 0.2) is 17.5 Å². The number of rotatable bonds is 5. The van der Waals surface area contributed by atoms with Crippen molar-refractivity contribution in [3.63, 3.8) is 0 Å². The quantitative estimate of drug-likeness (QED) is 0.176. The predicted octanol–water partition coefficient (Wildman–Crippen LogP) is 13.1. The highest BCUT2D eigenvalue weighted by molar-refractivity contribution is 6.06. The van der Waals surface area contributed by atoms with Gasteiger partial charge in [0.2, 0.25) is 0 Å². The average Bonchev–Trinajstić information content (AvgIpc) is 3.80. The SMILES string of the molecule is c1ccc(-c2ccc(-c3nc(-c4ccccc4)nc(-c4ccc5c(c4)C4(c6ccccc6-5)c5ccccc5-c5c(-c6ccccc6)nc6ccccc6c54)n3)cc2)cc1. The number of aromatic nitrogens is 4. The third-order valence-corrected chi connectivity index (χ3v) is 12.1. The molecule has 8 aromatic carbocycles. The monoisotopic (exact) mass is 750 g/mol. The van der Waals surface area contributed by atoms with Gasteiger partial charge in [0.05, 0.1) is 16.6 Å². The van der Waals surface area contributed by atoms with Crippen LogP contribution >= 0.6 is 0 Å². The molecule has 0 amide bonds. The van der Waals surface area contributed by atoms with Crippen LogP contribution < -0.4 is 0 Å². The number of pyridine rings is 1. The minimum Gasteiger partial charge on any atom is -0.247 e. The predicted molar refractivity (Wildman–Crippen MR) is 239 cm³/mol. The maximum absolute atomic E-state index is 5.42. The van der Waals surface area contributed by atoms with Crippen LogP contribution in [-0.2, 0) is 5.41 Å². The van der Waals surface area contributed by atoms with Crippen molar-refractivity contribution in [2.45, 2.75) is 5.41 Å². The summed E-state index contributed by atoms with van der Waals surface area (Å²) in [6.45, 7) is 0. The molecule has 1 spiro atoms. The highest BCUT2D eigenvalue weighted by Gasteiger charge is 2.53. The van der Waals surface area contributed by atoms with Crippen molar-refractivity contribution in [2.24, 2.45) is 0 Å². The molecule has 0 bridgehead atoms. The van der Waals surface area contributed by atoms with E-state index < -0.39 is 5.41 Å². The average molecular weight is 751 g/mol. The molecule has 0 fully saturated rings. The standard InChI is InChI=1S/C55H34N4/c1-4-16-35(17-5-1)36-28-30-39(31-29-36)53-57-52(38-20-8-3-9-21-38)58-54(59-53)40-32-33-42-41-22-10-13-25-45(41)55(47(42)34-40)46-26-14-11-23-43(46)49-50(55)44-24-12-15-27-48(44)56-51(49)37-18-6-2-7-19-37/h1-34H. The van der Waals surface area contributed by atoms with Gasteiger partial charge in [0.1, 0.15) is 0 Å². The summed E-state index contributed by atoms with van der Waals surface area (Å²) in [6.07, 6.45) is 0. The molecule has 12 rings (SSSR count). The van der Waals surface area contributed by atoms with E-state index in [4.69, 9.17) is 19.9 Å². The van der Waals surface area contributed by atoms with Gasteiger partial charge >= 0.3 is 0 Å². The highest BCUT2D eigenvalue weighted by atomic mass is 15.0. The van der Waals surface area contributed by atoms with Crippen molar-refractivity contribution in [3.8, 4) is 78.8 Å². The summed E-state index contributed by atoms with van der Waals surface area (Å²) < 4.78 is 0. The van der Waals surface area contributed by atoms with E-state index in [1.54, 1.807) is 0 Å². The largest absolute Gasteiger partial charge is 0.247 e. The lowest BCUT2D eigenvalue weighted by atomic mass is 9.69. The third kappa shape index (κ3) is 5.03. The zero-order valence-corrected chi connectivity index (χ0v) is 31.9. The Labute approximate surface area is 342 Å². The van der Waals surface area contributed by atoms with Gasteiger partial charge in [-0.1, -0.05) is 194 Å². The van der Waals surface area contributed by atoms with Gasteiger partial charge in [-0.15, -0.1) is 0 Å². The Balaban J connectivity index is 1.12. The minimum absolute atomic E-state index is 0.620. The molecular formula is C55H34N4. The van der Waals surface area contributed by atoms with Gasteiger partial charge in [0.25, 0.3) is 0 Å². The fraction of sp³-hybridized carbons (Fsp3) is 0.0182. The number of benzene rings is 8. The molecule has 0 saturated carbocycles. The molecule has 1 unspecified atom stereocenters. The topological polar surface area (TPSA) is 51.6 Å². The minimum atomic E-state index is -0.620. The fourth-order valence-corrected chi connectivity index (χ4v) is 9.60. The Morgan fingerprint density at radius 3 is 1.46 bits per heavy atom. The van der Waals surface area contributed by atoms with Crippen LogP contribution in [0, 0.1) is 0 Å². The second kappa shape index (κ2) is 13.1. The van der Waals surface area contributed by atoms with Crippen LogP contribution in [0.3, 0.4) is 0 Å². The molecular weight excluding hydrogens is 717 g/mol. The molecule has 0 radical (unpaired) electrons. The summed E-state index contributed by atoms with van der Waals surface area (Å²) in [6, 6.07) is 73.1. The van der Waals surface area contributed by atoms with E-state index in [2.05, 4.69) is 182 Å². The molecule has 2 heterocycles. The Hall–Kier alpha value is -7.82. The van der Waals surface area contributed by atoms with Gasteiger partial charge in [-0.3, -0.25) is 0 Å². The molecule has 0 N–H and O–H groups in total. The van der Waals surface area contributed by atoms with E-state index in [1.807, 2.05) is 24.3 Å². The lowest BCUT2D eigenvalue weighted by Crippen LogP contribution is -2.26. The van der Waals surface area contributed by atoms with E-state index >= 15 is 0 Å². The van der Waals surface area contributed by atoms with Crippen LogP contribution in [0.4, 0.5) is 0 Å². The molecule has 2 aliphatic rings. The molecule has 2 aromatic heterocycles. The Morgan fingerprint density at radius 2 is 0.763 bits per heavy atom. The second-order valence-corrected chi connectivity index (χ2v) is 15.3. The second-order valence-electron chi connectivity index (χ2n) is 15.3. The van der Waals surface area contributed by atoms with E-state index in [-0.39, 0.29) is 0 Å². The number of para-hydroxylation sites is 1. The maximum atomic E-state index is 5.42. The van der Waals surface area contributed by atoms with Crippen molar-refractivity contribution in [3.05, 3.63) is 229 Å².